The summed E-state index contributed by atoms with van der Waals surface area (Å²) >= 11 is 0. The molecule has 2 aromatic rings. The Balaban J connectivity index is 1.85. The summed E-state index contributed by atoms with van der Waals surface area (Å²) in [6.45, 7) is 0.337. The zero-order valence-corrected chi connectivity index (χ0v) is 9.85. The lowest BCUT2D eigenvalue weighted by Gasteiger charge is -2.07. The van der Waals surface area contributed by atoms with Crippen LogP contribution in [0.3, 0.4) is 0 Å². The Morgan fingerprint density at radius 3 is 2.67 bits per heavy atom. The predicted molar refractivity (Wildman–Crippen MR) is 65.5 cm³/mol. The van der Waals surface area contributed by atoms with Gasteiger partial charge in [0.1, 0.15) is 11.6 Å². The van der Waals surface area contributed by atoms with Crippen LogP contribution in [0.2, 0.25) is 0 Å². The van der Waals surface area contributed by atoms with E-state index >= 15 is 0 Å². The van der Waals surface area contributed by atoms with Gasteiger partial charge in [-0.2, -0.15) is 5.10 Å². The van der Waals surface area contributed by atoms with E-state index in [4.69, 9.17) is 0 Å². The topological polar surface area (TPSA) is 59.0 Å². The van der Waals surface area contributed by atoms with Gasteiger partial charge in [-0.15, -0.1) is 0 Å². The van der Waals surface area contributed by atoms with Crippen LogP contribution >= 0.6 is 0 Å². The molecule has 0 fully saturated rings. The lowest BCUT2D eigenvalue weighted by molar-refractivity contribution is 0.251. The number of carbonyl (C=O) groups excluding carboxylic acids is 1. The molecule has 0 aliphatic rings. The molecule has 0 saturated heterocycles. The summed E-state index contributed by atoms with van der Waals surface area (Å²) < 4.78 is 14.2. The first-order valence-corrected chi connectivity index (χ1v) is 5.42. The van der Waals surface area contributed by atoms with Gasteiger partial charge in [0.05, 0.1) is 6.20 Å². The fourth-order valence-corrected chi connectivity index (χ4v) is 1.44. The molecule has 2 amide bonds. The lowest BCUT2D eigenvalue weighted by Crippen LogP contribution is -2.29. The smallest absolute Gasteiger partial charge is 0.320 e. The molecule has 18 heavy (non-hydrogen) atoms. The highest BCUT2D eigenvalue weighted by atomic mass is 19.1. The van der Waals surface area contributed by atoms with E-state index in [1.807, 2.05) is 0 Å². The van der Waals surface area contributed by atoms with Crippen LogP contribution in [0.5, 0.6) is 0 Å². The van der Waals surface area contributed by atoms with E-state index in [0.717, 1.165) is 5.56 Å². The number of hydrogen-bond donors (Lipinski definition) is 2. The van der Waals surface area contributed by atoms with Gasteiger partial charge in [-0.1, -0.05) is 12.1 Å². The van der Waals surface area contributed by atoms with Gasteiger partial charge >= 0.3 is 6.03 Å². The first-order chi connectivity index (χ1) is 8.65. The fraction of sp³-hybridized carbons (Fsp3) is 0.167. The highest BCUT2D eigenvalue weighted by Crippen LogP contribution is 2.04. The third-order valence-electron chi connectivity index (χ3n) is 2.43. The van der Waals surface area contributed by atoms with E-state index in [1.165, 1.54) is 12.1 Å². The number of aromatic nitrogens is 2. The first kappa shape index (κ1) is 12.1. The van der Waals surface area contributed by atoms with E-state index in [9.17, 15) is 9.18 Å². The number of carbonyl (C=O) groups is 1. The second-order valence-electron chi connectivity index (χ2n) is 3.77. The number of rotatable bonds is 3. The fourth-order valence-electron chi connectivity index (χ4n) is 1.44. The van der Waals surface area contributed by atoms with Crippen LogP contribution in [-0.4, -0.2) is 15.8 Å². The zero-order chi connectivity index (χ0) is 13.0. The van der Waals surface area contributed by atoms with E-state index in [-0.39, 0.29) is 11.8 Å². The molecule has 2 rings (SSSR count). The second-order valence-corrected chi connectivity index (χ2v) is 3.77. The van der Waals surface area contributed by atoms with E-state index < -0.39 is 0 Å². The molecule has 6 heteroatoms. The van der Waals surface area contributed by atoms with Gasteiger partial charge in [-0.3, -0.25) is 10.00 Å². The van der Waals surface area contributed by atoms with Crippen molar-refractivity contribution < 1.29 is 9.18 Å². The Bertz CT molecular complexity index is 535. The monoisotopic (exact) mass is 248 g/mol. The first-order valence-electron chi connectivity index (χ1n) is 5.42. The molecular weight excluding hydrogens is 235 g/mol. The van der Waals surface area contributed by atoms with Crippen LogP contribution < -0.4 is 10.6 Å². The average Bonchev–Trinajstić information content (AvgIpc) is 2.74. The number of aryl methyl sites for hydroxylation is 1. The average molecular weight is 248 g/mol. The van der Waals surface area contributed by atoms with Gasteiger partial charge in [-0.05, 0) is 17.7 Å². The minimum atomic E-state index is -0.331. The van der Waals surface area contributed by atoms with Gasteiger partial charge in [0.2, 0.25) is 0 Å². The van der Waals surface area contributed by atoms with Crippen LogP contribution in [-0.2, 0) is 13.6 Å². The standard InChI is InChI=1S/C12H13FN4O/c1-17-11(6-7-15-17)16-12(18)14-8-9-2-4-10(13)5-3-9/h2-7H,8H2,1H3,(H2,14,16,18). The summed E-state index contributed by atoms with van der Waals surface area (Å²) in [5.74, 6) is 0.310. The summed E-state index contributed by atoms with van der Waals surface area (Å²) in [4.78, 5) is 11.6. The normalized spacial score (nSPS) is 10.1. The Morgan fingerprint density at radius 1 is 1.33 bits per heavy atom. The Morgan fingerprint density at radius 2 is 2.06 bits per heavy atom. The number of amides is 2. The summed E-state index contributed by atoms with van der Waals surface area (Å²) in [5, 5.41) is 9.25. The molecule has 2 N–H and O–H groups in total. The molecule has 1 heterocycles. The lowest BCUT2D eigenvalue weighted by atomic mass is 10.2. The molecule has 0 atom stereocenters. The molecule has 0 spiro atoms. The number of benzene rings is 1. The maximum Gasteiger partial charge on any atom is 0.320 e. The maximum atomic E-state index is 12.7. The van der Waals surface area contributed by atoms with Crippen molar-refractivity contribution in [2.24, 2.45) is 7.05 Å². The van der Waals surface area contributed by atoms with Crippen LogP contribution in [0.1, 0.15) is 5.56 Å². The molecule has 5 nitrogen and oxygen atoms in total. The third-order valence-corrected chi connectivity index (χ3v) is 2.43. The summed E-state index contributed by atoms with van der Waals surface area (Å²) in [6.07, 6.45) is 1.59. The van der Waals surface area contributed by atoms with E-state index in [2.05, 4.69) is 15.7 Å². The maximum absolute atomic E-state index is 12.7. The molecule has 0 bridgehead atoms. The SMILES string of the molecule is Cn1nccc1NC(=O)NCc1ccc(F)cc1. The van der Waals surface area contributed by atoms with Crippen LogP contribution in [0.15, 0.2) is 36.5 Å². The van der Waals surface area contributed by atoms with Crippen molar-refractivity contribution in [3.8, 4) is 0 Å². The third kappa shape index (κ3) is 3.07. The van der Waals surface area contributed by atoms with Crippen LogP contribution in [0, 0.1) is 5.82 Å². The highest BCUT2D eigenvalue weighted by Gasteiger charge is 2.04. The number of hydrogen-bond acceptors (Lipinski definition) is 2. The van der Waals surface area contributed by atoms with Crippen molar-refractivity contribution >= 4 is 11.8 Å². The van der Waals surface area contributed by atoms with Gasteiger partial charge in [0.25, 0.3) is 0 Å². The largest absolute Gasteiger partial charge is 0.334 e. The Labute approximate surface area is 104 Å². The van der Waals surface area contributed by atoms with E-state index in [0.29, 0.717) is 12.4 Å². The predicted octanol–water partition coefficient (Wildman–Crippen LogP) is 1.88. The Kier molecular flexibility index (Phi) is 3.57. The Hall–Kier alpha value is -2.37. The quantitative estimate of drug-likeness (QED) is 0.871. The summed E-state index contributed by atoms with van der Waals surface area (Å²) in [5.41, 5.74) is 0.830. The molecule has 0 unspecified atom stereocenters. The minimum Gasteiger partial charge on any atom is -0.334 e. The second kappa shape index (κ2) is 5.31. The van der Waals surface area contributed by atoms with Crippen LogP contribution in [0.25, 0.3) is 0 Å². The number of urea groups is 1. The number of nitrogens with zero attached hydrogens (tertiary/aromatic N) is 2. The minimum absolute atomic E-state index is 0.293. The summed E-state index contributed by atoms with van der Waals surface area (Å²) in [7, 11) is 1.73. The number of halogens is 1. The molecule has 1 aromatic carbocycles. The van der Waals surface area contributed by atoms with Crippen molar-refractivity contribution in [2.75, 3.05) is 5.32 Å². The van der Waals surface area contributed by atoms with Crippen LogP contribution in [0.4, 0.5) is 15.0 Å². The van der Waals surface area contributed by atoms with Gasteiger partial charge in [0, 0.05) is 19.7 Å². The highest BCUT2D eigenvalue weighted by molar-refractivity contribution is 5.88. The molecule has 0 aliphatic carbocycles. The molecule has 0 aliphatic heterocycles. The van der Waals surface area contributed by atoms with Crippen molar-refractivity contribution in [1.82, 2.24) is 15.1 Å². The number of nitrogens with one attached hydrogen (secondary N) is 2. The van der Waals surface area contributed by atoms with Crippen molar-refractivity contribution in [3.63, 3.8) is 0 Å². The van der Waals surface area contributed by atoms with Crippen molar-refractivity contribution in [1.29, 1.82) is 0 Å². The van der Waals surface area contributed by atoms with Crippen molar-refractivity contribution in [2.45, 2.75) is 6.54 Å². The van der Waals surface area contributed by atoms with Gasteiger partial charge in [0.15, 0.2) is 0 Å². The van der Waals surface area contributed by atoms with Gasteiger partial charge < -0.3 is 5.32 Å². The zero-order valence-electron chi connectivity index (χ0n) is 9.85. The van der Waals surface area contributed by atoms with Gasteiger partial charge in [-0.25, -0.2) is 9.18 Å². The summed E-state index contributed by atoms with van der Waals surface area (Å²) in [6, 6.07) is 7.33. The van der Waals surface area contributed by atoms with E-state index in [1.54, 1.807) is 36.1 Å². The molecule has 0 saturated carbocycles. The number of anilines is 1. The van der Waals surface area contributed by atoms with Crippen molar-refractivity contribution in [3.05, 3.63) is 47.9 Å². The molecular formula is C12H13FN4O. The molecule has 94 valence electrons. The molecule has 1 aromatic heterocycles. The molecule has 0 radical (unpaired) electrons.